The molecule has 0 radical (unpaired) electrons. The number of nitrogens with zero attached hydrogens (tertiary/aromatic N) is 2. The first-order valence-corrected chi connectivity index (χ1v) is 7.13. The van der Waals surface area contributed by atoms with Crippen molar-refractivity contribution in [3.8, 4) is 0 Å². The number of rotatable bonds is 3. The quantitative estimate of drug-likeness (QED) is 0.521. The smallest absolute Gasteiger partial charge is 0.239 e. The van der Waals surface area contributed by atoms with Crippen molar-refractivity contribution in [1.82, 2.24) is 9.97 Å². The zero-order valence-electron chi connectivity index (χ0n) is 9.77. The summed E-state index contributed by atoms with van der Waals surface area (Å²) in [6, 6.07) is 0. The second-order valence-corrected chi connectivity index (χ2v) is 6.75. The molecule has 2 rings (SSSR count). The average Bonchev–Trinajstić information content (AvgIpc) is 2.56. The third-order valence-electron chi connectivity index (χ3n) is 2.80. The predicted molar refractivity (Wildman–Crippen MR) is 65.1 cm³/mol. The molecule has 18 heavy (non-hydrogen) atoms. The van der Waals surface area contributed by atoms with Gasteiger partial charge in [0.25, 0.3) is 0 Å². The Hall–Kier alpha value is -1.48. The van der Waals surface area contributed by atoms with Gasteiger partial charge in [-0.1, -0.05) is 0 Å². The first-order chi connectivity index (χ1) is 8.34. The molecule has 1 atom stereocenters. The van der Waals surface area contributed by atoms with Gasteiger partial charge in [0.05, 0.1) is 23.2 Å². The van der Waals surface area contributed by atoms with Crippen LogP contribution in [0.1, 0.15) is 13.3 Å². The van der Waals surface area contributed by atoms with Crippen molar-refractivity contribution in [2.45, 2.75) is 18.9 Å². The van der Waals surface area contributed by atoms with Crippen LogP contribution in [0.25, 0.3) is 0 Å². The number of hydrogen-bond donors (Lipinski definition) is 3. The van der Waals surface area contributed by atoms with Gasteiger partial charge in [0, 0.05) is 0 Å². The molecular formula is C9H14FN5O2S. The standard InChI is InChI=1S/C9H14FN5O2S/c1-9(2-3-18(16,17)5-9)14-7-6(10)4-12-8(13-7)15-11/h4H,2-3,5,11H2,1H3,(H2,12,13,14,15). The fraction of sp³-hybridized carbons (Fsp3) is 0.556. The van der Waals surface area contributed by atoms with Crippen LogP contribution in [0.5, 0.6) is 0 Å². The van der Waals surface area contributed by atoms with E-state index in [0.717, 1.165) is 6.20 Å². The molecule has 1 aromatic rings. The third-order valence-corrected chi connectivity index (χ3v) is 4.70. The second kappa shape index (κ2) is 4.32. The monoisotopic (exact) mass is 275 g/mol. The van der Waals surface area contributed by atoms with Crippen LogP contribution in [0.2, 0.25) is 0 Å². The van der Waals surface area contributed by atoms with Gasteiger partial charge in [-0.25, -0.2) is 23.6 Å². The lowest BCUT2D eigenvalue weighted by molar-refractivity contribution is 0.555. The highest BCUT2D eigenvalue weighted by atomic mass is 32.2. The van der Waals surface area contributed by atoms with E-state index in [2.05, 4.69) is 20.7 Å². The van der Waals surface area contributed by atoms with Crippen molar-refractivity contribution in [3.63, 3.8) is 0 Å². The zero-order chi connectivity index (χ0) is 13.4. The largest absolute Gasteiger partial charge is 0.361 e. The molecule has 0 spiro atoms. The number of hydrazine groups is 1. The van der Waals surface area contributed by atoms with Gasteiger partial charge in [0.2, 0.25) is 5.95 Å². The Kier molecular flexibility index (Phi) is 3.11. The highest BCUT2D eigenvalue weighted by Gasteiger charge is 2.39. The summed E-state index contributed by atoms with van der Waals surface area (Å²) in [6.07, 6.45) is 1.38. The maximum absolute atomic E-state index is 13.5. The van der Waals surface area contributed by atoms with Crippen molar-refractivity contribution >= 4 is 21.6 Å². The highest BCUT2D eigenvalue weighted by molar-refractivity contribution is 7.91. The Balaban J connectivity index is 2.24. The van der Waals surface area contributed by atoms with Crippen molar-refractivity contribution < 1.29 is 12.8 Å². The second-order valence-electron chi connectivity index (χ2n) is 4.56. The average molecular weight is 275 g/mol. The Morgan fingerprint density at radius 2 is 2.28 bits per heavy atom. The fourth-order valence-corrected chi connectivity index (χ4v) is 4.01. The molecule has 0 amide bonds. The third kappa shape index (κ3) is 2.67. The minimum absolute atomic E-state index is 0.0468. The number of nitrogens with two attached hydrogens (primary N) is 1. The molecule has 4 N–H and O–H groups in total. The molecule has 1 unspecified atom stereocenters. The van der Waals surface area contributed by atoms with E-state index >= 15 is 0 Å². The molecule has 2 heterocycles. The van der Waals surface area contributed by atoms with Gasteiger partial charge < -0.3 is 5.32 Å². The number of sulfone groups is 1. The van der Waals surface area contributed by atoms with Gasteiger partial charge in [0.1, 0.15) is 0 Å². The molecule has 1 aromatic heterocycles. The molecule has 0 aliphatic carbocycles. The van der Waals surface area contributed by atoms with E-state index in [1.165, 1.54) is 0 Å². The van der Waals surface area contributed by atoms with Gasteiger partial charge in [0.15, 0.2) is 21.5 Å². The number of anilines is 2. The maximum Gasteiger partial charge on any atom is 0.239 e. The SMILES string of the molecule is CC1(Nc2nc(NN)ncc2F)CCS(=O)(=O)C1. The highest BCUT2D eigenvalue weighted by Crippen LogP contribution is 2.27. The summed E-state index contributed by atoms with van der Waals surface area (Å²) < 4.78 is 36.4. The van der Waals surface area contributed by atoms with Crippen LogP contribution in [-0.4, -0.2) is 35.4 Å². The number of nitrogen functional groups attached to an aromatic ring is 1. The molecule has 9 heteroatoms. The van der Waals surface area contributed by atoms with E-state index in [1.807, 2.05) is 0 Å². The van der Waals surface area contributed by atoms with Gasteiger partial charge in [-0.05, 0) is 13.3 Å². The number of hydrogen-bond acceptors (Lipinski definition) is 7. The minimum atomic E-state index is -3.07. The van der Waals surface area contributed by atoms with Crippen molar-refractivity contribution in [1.29, 1.82) is 0 Å². The summed E-state index contributed by atoms with van der Waals surface area (Å²) in [5.74, 6) is 4.52. The van der Waals surface area contributed by atoms with Gasteiger partial charge in [-0.3, -0.25) is 5.43 Å². The molecule has 7 nitrogen and oxygen atoms in total. The predicted octanol–water partition coefficient (Wildman–Crippen LogP) is -0.110. The topological polar surface area (TPSA) is 110 Å². The first kappa shape index (κ1) is 13.0. The molecule has 0 bridgehead atoms. The van der Waals surface area contributed by atoms with E-state index in [1.54, 1.807) is 6.92 Å². The minimum Gasteiger partial charge on any atom is -0.361 e. The van der Waals surface area contributed by atoms with Gasteiger partial charge >= 0.3 is 0 Å². The van der Waals surface area contributed by atoms with Crippen molar-refractivity contribution in [2.75, 3.05) is 22.2 Å². The first-order valence-electron chi connectivity index (χ1n) is 5.31. The van der Waals surface area contributed by atoms with Crippen LogP contribution in [-0.2, 0) is 9.84 Å². The van der Waals surface area contributed by atoms with Gasteiger partial charge in [-0.15, -0.1) is 0 Å². The summed E-state index contributed by atoms with van der Waals surface area (Å²) in [5, 5.41) is 2.82. The lowest BCUT2D eigenvalue weighted by atomic mass is 10.0. The number of aromatic nitrogens is 2. The Bertz CT molecular complexity index is 564. The van der Waals surface area contributed by atoms with E-state index in [4.69, 9.17) is 5.84 Å². The fourth-order valence-electron chi connectivity index (χ4n) is 1.92. The summed E-state index contributed by atoms with van der Waals surface area (Å²) in [7, 11) is -3.07. The van der Waals surface area contributed by atoms with Crippen molar-refractivity contribution in [3.05, 3.63) is 12.0 Å². The number of halogens is 1. The Labute approximate surface area is 104 Å². The summed E-state index contributed by atoms with van der Waals surface area (Å²) >= 11 is 0. The van der Waals surface area contributed by atoms with Crippen LogP contribution in [0, 0.1) is 5.82 Å². The maximum atomic E-state index is 13.5. The van der Waals surface area contributed by atoms with Crippen LogP contribution in [0.15, 0.2) is 6.20 Å². The molecular weight excluding hydrogens is 261 g/mol. The molecule has 1 aliphatic rings. The van der Waals surface area contributed by atoms with E-state index in [0.29, 0.717) is 6.42 Å². The zero-order valence-corrected chi connectivity index (χ0v) is 10.6. The van der Waals surface area contributed by atoms with Crippen LogP contribution < -0.4 is 16.6 Å². The molecule has 100 valence electrons. The summed E-state index contributed by atoms with van der Waals surface area (Å²) in [5.41, 5.74) is 1.48. The van der Waals surface area contributed by atoms with Gasteiger partial charge in [-0.2, -0.15) is 4.98 Å². The lowest BCUT2D eigenvalue weighted by Gasteiger charge is -2.24. The van der Waals surface area contributed by atoms with E-state index in [9.17, 15) is 12.8 Å². The van der Waals surface area contributed by atoms with Crippen LogP contribution >= 0.6 is 0 Å². The summed E-state index contributed by atoms with van der Waals surface area (Å²) in [6.45, 7) is 1.72. The number of nitrogens with one attached hydrogen (secondary N) is 2. The molecule has 1 aliphatic heterocycles. The van der Waals surface area contributed by atoms with Crippen molar-refractivity contribution in [2.24, 2.45) is 5.84 Å². The van der Waals surface area contributed by atoms with Crippen LogP contribution in [0.3, 0.4) is 0 Å². The normalized spacial score (nSPS) is 25.9. The molecule has 1 saturated heterocycles. The molecule has 0 aromatic carbocycles. The summed E-state index contributed by atoms with van der Waals surface area (Å²) in [4.78, 5) is 7.42. The van der Waals surface area contributed by atoms with Crippen LogP contribution in [0.4, 0.5) is 16.2 Å². The molecule has 1 fully saturated rings. The van der Waals surface area contributed by atoms with E-state index < -0.39 is 21.2 Å². The molecule has 0 saturated carbocycles. The van der Waals surface area contributed by atoms with E-state index in [-0.39, 0.29) is 23.3 Å². The Morgan fingerprint density at radius 1 is 1.56 bits per heavy atom. The lowest BCUT2D eigenvalue weighted by Crippen LogP contribution is -2.36. The Morgan fingerprint density at radius 3 is 2.83 bits per heavy atom.